The van der Waals surface area contributed by atoms with E-state index in [0.29, 0.717) is 25.7 Å². The summed E-state index contributed by atoms with van der Waals surface area (Å²) >= 11 is 0. The lowest BCUT2D eigenvalue weighted by atomic mass is 10.0. The maximum absolute atomic E-state index is 13.1. The summed E-state index contributed by atoms with van der Waals surface area (Å²) in [4.78, 5) is 73.1. The highest BCUT2D eigenvalue weighted by Crippen LogP contribution is 2.45. The molecule has 0 aliphatic carbocycles. The lowest BCUT2D eigenvalue weighted by molar-refractivity contribution is -0.161. The summed E-state index contributed by atoms with van der Waals surface area (Å²) in [5.41, 5.74) is 0. The predicted molar refractivity (Wildman–Crippen MR) is 423 cm³/mol. The number of carbonyl (C=O) groups is 4. The third kappa shape index (κ3) is 78.0. The van der Waals surface area contributed by atoms with Crippen LogP contribution in [0.5, 0.6) is 0 Å². The Balaban J connectivity index is 5.24. The highest BCUT2D eigenvalue weighted by molar-refractivity contribution is 7.47. The summed E-state index contributed by atoms with van der Waals surface area (Å²) < 4.78 is 68.8. The van der Waals surface area contributed by atoms with Gasteiger partial charge in [0.25, 0.3) is 0 Å². The topological polar surface area (TPSA) is 237 Å². The number of esters is 4. The zero-order valence-electron chi connectivity index (χ0n) is 67.8. The van der Waals surface area contributed by atoms with Gasteiger partial charge in [0.05, 0.1) is 26.4 Å². The number of ether oxygens (including phenoxy) is 4. The van der Waals surface area contributed by atoms with E-state index in [-0.39, 0.29) is 25.7 Å². The largest absolute Gasteiger partial charge is 0.472 e. The van der Waals surface area contributed by atoms with Gasteiger partial charge in [0.2, 0.25) is 0 Å². The first-order chi connectivity index (χ1) is 49.7. The van der Waals surface area contributed by atoms with Gasteiger partial charge in [-0.15, -0.1) is 0 Å². The zero-order valence-corrected chi connectivity index (χ0v) is 69.6. The number of aliphatic hydroxyl groups is 1. The van der Waals surface area contributed by atoms with Crippen LogP contribution in [0.15, 0.2) is 0 Å². The number of phosphoric acid groups is 2. The van der Waals surface area contributed by atoms with Crippen LogP contribution in [0.4, 0.5) is 0 Å². The molecule has 3 N–H and O–H groups in total. The van der Waals surface area contributed by atoms with Gasteiger partial charge in [-0.25, -0.2) is 9.13 Å². The van der Waals surface area contributed by atoms with Crippen molar-refractivity contribution < 1.29 is 80.2 Å². The molecule has 0 aromatic heterocycles. The third-order valence-corrected chi connectivity index (χ3v) is 21.5. The summed E-state index contributed by atoms with van der Waals surface area (Å²) in [6.07, 6.45) is 63.9. The number of carbonyl (C=O) groups excluding carboxylic acids is 4. The number of aliphatic hydroxyl groups excluding tert-OH is 1. The first kappa shape index (κ1) is 101. The van der Waals surface area contributed by atoms with Crippen molar-refractivity contribution in [1.29, 1.82) is 0 Å². The highest BCUT2D eigenvalue weighted by Gasteiger charge is 2.30. The smallest absolute Gasteiger partial charge is 0.462 e. The van der Waals surface area contributed by atoms with Crippen LogP contribution in [0.1, 0.15) is 440 Å². The number of rotatable bonds is 82. The zero-order chi connectivity index (χ0) is 75.8. The number of unbranched alkanes of at least 4 members (excludes halogenated alkanes) is 50. The summed E-state index contributed by atoms with van der Waals surface area (Å²) in [6, 6.07) is 0. The van der Waals surface area contributed by atoms with Crippen molar-refractivity contribution in [2.45, 2.75) is 458 Å². The molecule has 0 radical (unpaired) electrons. The first-order valence-corrected chi connectivity index (χ1v) is 46.3. The molecular weight excluding hydrogens is 1340 g/mol. The normalized spacial score (nSPS) is 13.9. The molecule has 0 aromatic carbocycles. The van der Waals surface area contributed by atoms with Crippen molar-refractivity contribution >= 4 is 39.5 Å². The molecule has 5 atom stereocenters. The second-order valence-corrected chi connectivity index (χ2v) is 34.6. The molecule has 0 saturated carbocycles. The van der Waals surface area contributed by atoms with E-state index in [1.54, 1.807) is 0 Å². The van der Waals surface area contributed by atoms with Crippen molar-refractivity contribution in [3.8, 4) is 0 Å². The summed E-state index contributed by atoms with van der Waals surface area (Å²) in [7, 11) is -9.93. The minimum Gasteiger partial charge on any atom is -0.462 e. The second kappa shape index (κ2) is 74.2. The fourth-order valence-electron chi connectivity index (χ4n) is 13.0. The molecule has 0 fully saturated rings. The van der Waals surface area contributed by atoms with Crippen molar-refractivity contribution in [3.05, 3.63) is 0 Å². The van der Waals surface area contributed by atoms with Crippen molar-refractivity contribution in [2.24, 2.45) is 17.8 Å². The number of phosphoric ester groups is 2. The van der Waals surface area contributed by atoms with Gasteiger partial charge in [-0.1, -0.05) is 389 Å². The van der Waals surface area contributed by atoms with Crippen LogP contribution in [-0.2, 0) is 65.4 Å². The second-order valence-electron chi connectivity index (χ2n) is 31.6. The van der Waals surface area contributed by atoms with E-state index in [9.17, 15) is 43.2 Å². The van der Waals surface area contributed by atoms with Gasteiger partial charge < -0.3 is 33.8 Å². The van der Waals surface area contributed by atoms with Crippen molar-refractivity contribution in [2.75, 3.05) is 39.6 Å². The van der Waals surface area contributed by atoms with Crippen LogP contribution in [-0.4, -0.2) is 96.7 Å². The van der Waals surface area contributed by atoms with E-state index in [4.69, 9.17) is 37.0 Å². The Hall–Kier alpha value is -1.94. The van der Waals surface area contributed by atoms with Crippen LogP contribution in [0, 0.1) is 17.8 Å². The Morgan fingerprint density at radius 1 is 0.262 bits per heavy atom. The van der Waals surface area contributed by atoms with Crippen molar-refractivity contribution in [3.63, 3.8) is 0 Å². The fourth-order valence-corrected chi connectivity index (χ4v) is 14.6. The monoisotopic (exact) mass is 1510 g/mol. The summed E-state index contributed by atoms with van der Waals surface area (Å²) in [5, 5.41) is 10.7. The maximum atomic E-state index is 13.1. The van der Waals surface area contributed by atoms with E-state index in [1.165, 1.54) is 250 Å². The Labute approximate surface area is 632 Å². The lowest BCUT2D eigenvalue weighted by Crippen LogP contribution is -2.30. The molecular formula is C84H164O17P2. The molecule has 0 rings (SSSR count). The molecule has 17 nitrogen and oxygen atoms in total. The average Bonchev–Trinajstić information content (AvgIpc) is 0.920. The van der Waals surface area contributed by atoms with Gasteiger partial charge in [0, 0.05) is 25.7 Å². The Bertz CT molecular complexity index is 1990. The highest BCUT2D eigenvalue weighted by atomic mass is 31.2. The molecule has 0 amide bonds. The van der Waals surface area contributed by atoms with E-state index in [0.717, 1.165) is 108 Å². The van der Waals surface area contributed by atoms with Crippen LogP contribution in [0.25, 0.3) is 0 Å². The molecule has 19 heteroatoms. The number of hydrogen-bond acceptors (Lipinski definition) is 15. The van der Waals surface area contributed by atoms with Gasteiger partial charge in [-0.05, 0) is 43.4 Å². The SMILES string of the molecule is CCCCCCCCCCCCCCCCCCCCCC(=O)OC[C@H](COP(=O)(O)OC[C@@H](O)COP(=O)(O)OC[C@@H](COC(=O)CCCCCCCCCCC(C)C)OC(=O)CCCCCCCCCCCCCC(C)C)OC(=O)CCCCCCCCCCCCCCCCCCC(C)C. The van der Waals surface area contributed by atoms with Crippen LogP contribution < -0.4 is 0 Å². The first-order valence-electron chi connectivity index (χ1n) is 43.3. The summed E-state index contributed by atoms with van der Waals surface area (Å²) in [5.74, 6) is 0.193. The van der Waals surface area contributed by atoms with Crippen LogP contribution in [0.2, 0.25) is 0 Å². The lowest BCUT2D eigenvalue weighted by Gasteiger charge is -2.21. The minimum absolute atomic E-state index is 0.106. The van der Waals surface area contributed by atoms with E-state index >= 15 is 0 Å². The molecule has 2 unspecified atom stereocenters. The Kier molecular flexibility index (Phi) is 72.8. The van der Waals surface area contributed by atoms with Gasteiger partial charge in [-0.2, -0.15) is 0 Å². The molecule has 0 bridgehead atoms. The average molecular weight is 1510 g/mol. The van der Waals surface area contributed by atoms with Gasteiger partial charge >= 0.3 is 39.5 Å². The Morgan fingerprint density at radius 2 is 0.447 bits per heavy atom. The molecule has 0 saturated heterocycles. The molecule has 0 spiro atoms. The minimum atomic E-state index is -4.96. The Morgan fingerprint density at radius 3 is 0.660 bits per heavy atom. The summed E-state index contributed by atoms with van der Waals surface area (Å²) in [6.45, 7) is 12.0. The molecule has 0 aliphatic heterocycles. The van der Waals surface area contributed by atoms with Crippen molar-refractivity contribution in [1.82, 2.24) is 0 Å². The van der Waals surface area contributed by atoms with E-state index < -0.39 is 97.5 Å². The van der Waals surface area contributed by atoms with Gasteiger partial charge in [0.15, 0.2) is 12.2 Å². The fraction of sp³-hybridized carbons (Fsp3) is 0.952. The molecule has 0 aromatic rings. The molecule has 612 valence electrons. The van der Waals surface area contributed by atoms with Crippen LogP contribution >= 0.6 is 15.6 Å². The standard InChI is InChI=1S/C84H164O17P2/c1-8-9-10-11-12-13-14-15-16-17-18-19-23-26-31-36-44-51-58-65-81(86)94-71-79(100-83(88)67-60-53-46-37-32-27-24-21-20-22-25-29-34-41-48-55-62-75(2)3)73-98-102(90,91)96-69-78(85)70-97-103(92,93)99-74-80(72-95-82(87)66-59-52-45-40-39-43-50-57-64-77(6)7)101-84(89)68-61-54-47-38-33-28-30-35-42-49-56-63-76(4)5/h75-80,85H,8-74H2,1-7H3,(H,90,91)(H,92,93)/t78-,79-,80-/m1/s1. The third-order valence-electron chi connectivity index (χ3n) is 19.6. The predicted octanol–water partition coefficient (Wildman–Crippen LogP) is 25.3. The number of hydrogen-bond donors (Lipinski definition) is 3. The molecule has 0 aliphatic rings. The molecule has 103 heavy (non-hydrogen) atoms. The molecule has 0 heterocycles. The van der Waals surface area contributed by atoms with E-state index in [2.05, 4.69) is 48.5 Å². The van der Waals surface area contributed by atoms with Crippen LogP contribution in [0.3, 0.4) is 0 Å². The van der Waals surface area contributed by atoms with E-state index in [1.807, 2.05) is 0 Å². The quantitative estimate of drug-likeness (QED) is 0.0222. The van der Waals surface area contributed by atoms with Gasteiger partial charge in [-0.3, -0.25) is 37.3 Å². The maximum Gasteiger partial charge on any atom is 0.472 e. The van der Waals surface area contributed by atoms with Gasteiger partial charge in [0.1, 0.15) is 19.3 Å².